The van der Waals surface area contributed by atoms with Crippen molar-refractivity contribution in [2.75, 3.05) is 18.4 Å². The summed E-state index contributed by atoms with van der Waals surface area (Å²) in [5, 5.41) is 6.86. The monoisotopic (exact) mass is 487 g/mol. The van der Waals surface area contributed by atoms with Crippen molar-refractivity contribution in [3.05, 3.63) is 41.2 Å². The average Bonchev–Trinajstić information content (AvgIpc) is 3.40. The molecule has 1 atom stereocenters. The number of carbonyl (C=O) groups is 1. The highest BCUT2D eigenvalue weighted by atomic mass is 32.2. The molecule has 3 aromatic rings. The zero-order valence-corrected chi connectivity index (χ0v) is 19.9. The first-order valence-electron chi connectivity index (χ1n) is 11.1. The minimum atomic E-state index is -3.76. The summed E-state index contributed by atoms with van der Waals surface area (Å²) in [6, 6.07) is 6.89. The Hall–Kier alpha value is -2.63. The Morgan fingerprint density at radius 1 is 1.24 bits per heavy atom. The minimum Gasteiger partial charge on any atom is -0.339 e. The molecule has 0 aromatic carbocycles. The molecule has 4 heterocycles. The second kappa shape index (κ2) is 8.96. The van der Waals surface area contributed by atoms with Crippen LogP contribution in [0.25, 0.3) is 10.7 Å². The molecule has 9 nitrogen and oxygen atoms in total. The van der Waals surface area contributed by atoms with Gasteiger partial charge in [-0.25, -0.2) is 13.4 Å². The zero-order chi connectivity index (χ0) is 23.0. The van der Waals surface area contributed by atoms with Crippen molar-refractivity contribution in [2.45, 2.75) is 49.8 Å². The van der Waals surface area contributed by atoms with Crippen LogP contribution in [-0.4, -0.2) is 46.8 Å². The summed E-state index contributed by atoms with van der Waals surface area (Å²) >= 11 is 1.34. The highest BCUT2D eigenvalue weighted by Crippen LogP contribution is 2.38. The molecule has 5 rings (SSSR count). The first-order chi connectivity index (χ1) is 15.9. The average molecular weight is 488 g/mol. The van der Waals surface area contributed by atoms with Gasteiger partial charge < -0.3 is 9.84 Å². The Balaban J connectivity index is 1.32. The van der Waals surface area contributed by atoms with Crippen LogP contribution in [0.4, 0.5) is 5.82 Å². The summed E-state index contributed by atoms with van der Waals surface area (Å²) in [6.45, 7) is 2.30. The third kappa shape index (κ3) is 4.44. The van der Waals surface area contributed by atoms with Crippen LogP contribution in [-0.2, 0) is 14.8 Å². The number of carbonyl (C=O) groups excluding carboxylic acids is 1. The van der Waals surface area contributed by atoms with Gasteiger partial charge in [0, 0.05) is 30.1 Å². The number of thiophene rings is 1. The van der Waals surface area contributed by atoms with Crippen molar-refractivity contribution in [1.29, 1.82) is 0 Å². The van der Waals surface area contributed by atoms with Crippen molar-refractivity contribution < 1.29 is 17.7 Å². The number of pyridine rings is 1. The number of hydrogen-bond acceptors (Lipinski definition) is 8. The van der Waals surface area contributed by atoms with Gasteiger partial charge in [-0.1, -0.05) is 17.6 Å². The van der Waals surface area contributed by atoms with Gasteiger partial charge in [-0.15, -0.1) is 11.3 Å². The van der Waals surface area contributed by atoms with Crippen molar-refractivity contribution in [2.24, 2.45) is 5.92 Å². The number of rotatable bonds is 6. The molecule has 3 aromatic heterocycles. The molecule has 1 saturated carbocycles. The molecule has 0 bridgehead atoms. The molecule has 1 N–H and O–H groups in total. The van der Waals surface area contributed by atoms with Crippen molar-refractivity contribution in [3.63, 3.8) is 0 Å². The van der Waals surface area contributed by atoms with Gasteiger partial charge in [0.05, 0.1) is 15.7 Å². The number of aromatic nitrogens is 3. The highest BCUT2D eigenvalue weighted by Gasteiger charge is 2.35. The van der Waals surface area contributed by atoms with E-state index in [1.807, 2.05) is 0 Å². The Kier molecular flexibility index (Phi) is 6.02. The van der Waals surface area contributed by atoms with E-state index in [9.17, 15) is 13.2 Å². The molecule has 0 spiro atoms. The largest absolute Gasteiger partial charge is 0.339 e. The topological polar surface area (TPSA) is 118 Å². The lowest BCUT2D eigenvalue weighted by atomic mass is 9.85. The number of piperidine rings is 1. The van der Waals surface area contributed by atoms with Crippen LogP contribution >= 0.6 is 11.3 Å². The fourth-order valence-electron chi connectivity index (χ4n) is 4.17. The van der Waals surface area contributed by atoms with Gasteiger partial charge in [-0.3, -0.25) is 4.79 Å². The van der Waals surface area contributed by atoms with E-state index in [4.69, 9.17) is 4.52 Å². The van der Waals surface area contributed by atoms with Crippen LogP contribution in [0.1, 0.15) is 48.8 Å². The Morgan fingerprint density at radius 3 is 2.82 bits per heavy atom. The second-order valence-corrected chi connectivity index (χ2v) is 11.7. The molecule has 33 heavy (non-hydrogen) atoms. The van der Waals surface area contributed by atoms with Gasteiger partial charge in [0.25, 0.3) is 0 Å². The number of nitrogens with one attached hydrogen (secondary N) is 1. The van der Waals surface area contributed by atoms with E-state index in [1.165, 1.54) is 22.1 Å². The van der Waals surface area contributed by atoms with Gasteiger partial charge >= 0.3 is 0 Å². The second-order valence-electron chi connectivity index (χ2n) is 8.52. The van der Waals surface area contributed by atoms with E-state index >= 15 is 0 Å². The summed E-state index contributed by atoms with van der Waals surface area (Å²) in [5.41, 5.74) is 0. The third-order valence-corrected chi connectivity index (χ3v) is 9.44. The third-order valence-electron chi connectivity index (χ3n) is 6.28. The van der Waals surface area contributed by atoms with Crippen LogP contribution in [0.3, 0.4) is 0 Å². The van der Waals surface area contributed by atoms with Crippen LogP contribution in [0.15, 0.2) is 39.9 Å². The van der Waals surface area contributed by atoms with Gasteiger partial charge in [0.1, 0.15) is 5.82 Å². The molecule has 1 aliphatic heterocycles. The van der Waals surface area contributed by atoms with E-state index in [1.54, 1.807) is 37.4 Å². The summed E-state index contributed by atoms with van der Waals surface area (Å²) in [4.78, 5) is 22.9. The predicted octanol–water partition coefficient (Wildman–Crippen LogP) is 3.81. The number of hydrogen-bond donors (Lipinski definition) is 1. The number of sulfonamides is 1. The molecule has 0 radical (unpaired) electrons. The predicted molar refractivity (Wildman–Crippen MR) is 123 cm³/mol. The zero-order valence-electron chi connectivity index (χ0n) is 18.2. The molecule has 2 fully saturated rings. The normalized spacial score (nSPS) is 19.8. The summed E-state index contributed by atoms with van der Waals surface area (Å²) in [5.74, 6) is 1.19. The van der Waals surface area contributed by atoms with Crippen LogP contribution in [0.5, 0.6) is 0 Å². The SMILES string of the molecule is Cc1sc(-c2noc(C3CCC3)n2)cc1S(=O)(=O)N1CCC[C@@H](C(=O)Nc2ccccn2)C1. The van der Waals surface area contributed by atoms with Crippen molar-refractivity contribution in [3.8, 4) is 10.7 Å². The maximum Gasteiger partial charge on any atom is 0.244 e. The number of aryl methyl sites for hydroxylation is 1. The quantitative estimate of drug-likeness (QED) is 0.562. The number of anilines is 1. The molecule has 1 saturated heterocycles. The first-order valence-corrected chi connectivity index (χ1v) is 13.3. The van der Waals surface area contributed by atoms with Crippen LogP contribution in [0.2, 0.25) is 0 Å². The standard InChI is InChI=1S/C22H25N5O4S2/c1-14-18(12-17(32-14)20-25-22(31-26-20)15-6-4-7-15)33(29,30)27-11-5-8-16(13-27)21(28)24-19-9-2-3-10-23-19/h2-3,9-10,12,15-16H,4-8,11,13H2,1H3,(H,23,24,28)/t16-/m1/s1. The Labute approximate surface area is 196 Å². The molecule has 1 aliphatic carbocycles. The van der Waals surface area contributed by atoms with E-state index in [0.29, 0.717) is 52.6 Å². The van der Waals surface area contributed by atoms with Gasteiger partial charge in [-0.05, 0) is 50.8 Å². The first kappa shape index (κ1) is 22.2. The van der Waals surface area contributed by atoms with E-state index < -0.39 is 15.9 Å². The van der Waals surface area contributed by atoms with Gasteiger partial charge in [-0.2, -0.15) is 9.29 Å². The lowest BCUT2D eigenvalue weighted by molar-refractivity contribution is -0.120. The lowest BCUT2D eigenvalue weighted by Gasteiger charge is -2.31. The van der Waals surface area contributed by atoms with Crippen molar-refractivity contribution in [1.82, 2.24) is 19.4 Å². The van der Waals surface area contributed by atoms with Crippen molar-refractivity contribution >= 4 is 33.1 Å². The fraction of sp³-hybridized carbons (Fsp3) is 0.455. The summed E-state index contributed by atoms with van der Waals surface area (Å²) in [7, 11) is -3.76. The van der Waals surface area contributed by atoms with E-state index in [0.717, 1.165) is 12.8 Å². The number of amides is 1. The molecule has 11 heteroatoms. The smallest absolute Gasteiger partial charge is 0.244 e. The molecule has 0 unspecified atom stereocenters. The fourth-order valence-corrected chi connectivity index (χ4v) is 7.18. The molecule has 174 valence electrons. The van der Waals surface area contributed by atoms with Gasteiger partial charge in [0.2, 0.25) is 27.6 Å². The Morgan fingerprint density at radius 2 is 2.09 bits per heavy atom. The molecular formula is C22H25N5O4S2. The highest BCUT2D eigenvalue weighted by molar-refractivity contribution is 7.89. The maximum absolute atomic E-state index is 13.5. The van der Waals surface area contributed by atoms with Crippen LogP contribution in [0, 0.1) is 12.8 Å². The Bertz CT molecular complexity index is 1250. The van der Waals surface area contributed by atoms with E-state index in [-0.39, 0.29) is 17.3 Å². The van der Waals surface area contributed by atoms with E-state index in [2.05, 4.69) is 20.4 Å². The molecule has 2 aliphatic rings. The van der Waals surface area contributed by atoms with Gasteiger partial charge in [0.15, 0.2) is 0 Å². The lowest BCUT2D eigenvalue weighted by Crippen LogP contribution is -2.43. The number of nitrogens with zero attached hydrogens (tertiary/aromatic N) is 4. The van der Waals surface area contributed by atoms with Crippen LogP contribution < -0.4 is 5.32 Å². The summed E-state index contributed by atoms with van der Waals surface area (Å²) < 4.78 is 33.8. The molecule has 1 amide bonds. The maximum atomic E-state index is 13.5. The molecular weight excluding hydrogens is 462 g/mol. The summed E-state index contributed by atoms with van der Waals surface area (Å²) in [6.07, 6.45) is 6.11. The minimum absolute atomic E-state index is 0.139.